The van der Waals surface area contributed by atoms with E-state index in [0.717, 1.165) is 25.2 Å². The molecule has 1 aromatic carbocycles. The Labute approximate surface area is 124 Å². The highest BCUT2D eigenvalue weighted by atomic mass is 35.5. The van der Waals surface area contributed by atoms with E-state index < -0.39 is 5.97 Å². The lowest BCUT2D eigenvalue weighted by molar-refractivity contribution is 0.0697. The summed E-state index contributed by atoms with van der Waals surface area (Å²) in [6.45, 7) is 4.11. The molecule has 1 aromatic rings. The van der Waals surface area contributed by atoms with E-state index >= 15 is 0 Å². The molecule has 0 aromatic heterocycles. The fourth-order valence-electron chi connectivity index (χ4n) is 2.78. The molecule has 1 atom stereocenters. The van der Waals surface area contributed by atoms with Gasteiger partial charge in [0.1, 0.15) is 0 Å². The fourth-order valence-corrected chi connectivity index (χ4v) is 3.02. The van der Waals surface area contributed by atoms with Crippen molar-refractivity contribution in [3.8, 4) is 0 Å². The monoisotopic (exact) mass is 296 g/mol. The van der Waals surface area contributed by atoms with Crippen LogP contribution in [0.2, 0.25) is 5.02 Å². The fraction of sp³-hybridized carbons (Fsp3) is 0.533. The predicted octanol–water partition coefficient (Wildman–Crippen LogP) is 2.42. The maximum atomic E-state index is 10.9. The van der Waals surface area contributed by atoms with Gasteiger partial charge in [-0.05, 0) is 50.7 Å². The number of carboxylic acids is 1. The minimum atomic E-state index is -0.944. The molecule has 0 saturated carbocycles. The standard InChI is InChI=1S/C15H21ClN2O2/c1-17-6-5-11(8-17)9-18(2)10-13-4-3-12(15(19)20)7-14(13)16/h3-4,7,11H,5-6,8-10H2,1-2H3,(H,19,20). The molecule has 0 aliphatic carbocycles. The van der Waals surface area contributed by atoms with Gasteiger partial charge >= 0.3 is 5.97 Å². The number of aromatic carboxylic acids is 1. The van der Waals surface area contributed by atoms with Crippen LogP contribution in [0.15, 0.2) is 18.2 Å². The molecule has 110 valence electrons. The zero-order chi connectivity index (χ0) is 14.7. The highest BCUT2D eigenvalue weighted by Crippen LogP contribution is 2.21. The highest BCUT2D eigenvalue weighted by molar-refractivity contribution is 6.31. The van der Waals surface area contributed by atoms with Crippen molar-refractivity contribution in [2.24, 2.45) is 5.92 Å². The molecule has 0 amide bonds. The van der Waals surface area contributed by atoms with Gasteiger partial charge in [0.05, 0.1) is 5.56 Å². The molecule has 4 nitrogen and oxygen atoms in total. The van der Waals surface area contributed by atoms with Gasteiger partial charge in [0.25, 0.3) is 0 Å². The molecule has 5 heteroatoms. The summed E-state index contributed by atoms with van der Waals surface area (Å²) in [5.74, 6) is -0.233. The van der Waals surface area contributed by atoms with Gasteiger partial charge < -0.3 is 14.9 Å². The Morgan fingerprint density at radius 2 is 2.30 bits per heavy atom. The first-order chi connectivity index (χ1) is 9.45. The van der Waals surface area contributed by atoms with Crippen molar-refractivity contribution in [3.05, 3.63) is 34.3 Å². The predicted molar refractivity (Wildman–Crippen MR) is 80.3 cm³/mol. The normalized spacial score (nSPS) is 19.7. The van der Waals surface area contributed by atoms with Crippen LogP contribution in [-0.4, -0.2) is 54.6 Å². The lowest BCUT2D eigenvalue weighted by Gasteiger charge is -2.21. The second kappa shape index (κ2) is 6.57. The van der Waals surface area contributed by atoms with Gasteiger partial charge in [-0.2, -0.15) is 0 Å². The van der Waals surface area contributed by atoms with Gasteiger partial charge in [0, 0.05) is 24.7 Å². The first-order valence-corrected chi connectivity index (χ1v) is 7.22. The Balaban J connectivity index is 1.94. The molecule has 0 bridgehead atoms. The zero-order valence-electron chi connectivity index (χ0n) is 12.0. The number of rotatable bonds is 5. The summed E-state index contributed by atoms with van der Waals surface area (Å²) in [6, 6.07) is 4.94. The van der Waals surface area contributed by atoms with E-state index in [1.54, 1.807) is 6.07 Å². The minimum absolute atomic E-state index is 0.235. The third kappa shape index (κ3) is 3.95. The topological polar surface area (TPSA) is 43.8 Å². The van der Waals surface area contributed by atoms with Gasteiger partial charge in [0.2, 0.25) is 0 Å². The smallest absolute Gasteiger partial charge is 0.335 e. The van der Waals surface area contributed by atoms with Crippen molar-refractivity contribution >= 4 is 17.6 Å². The second-order valence-electron chi connectivity index (χ2n) is 5.73. The van der Waals surface area contributed by atoms with E-state index in [-0.39, 0.29) is 5.56 Å². The van der Waals surface area contributed by atoms with Crippen LogP contribution in [0.1, 0.15) is 22.3 Å². The number of carboxylic acid groups (broad SMARTS) is 1. The summed E-state index contributed by atoms with van der Waals surface area (Å²) in [4.78, 5) is 15.5. The Morgan fingerprint density at radius 3 is 2.85 bits per heavy atom. The zero-order valence-corrected chi connectivity index (χ0v) is 12.7. The lowest BCUT2D eigenvalue weighted by atomic mass is 10.1. The van der Waals surface area contributed by atoms with Crippen molar-refractivity contribution < 1.29 is 9.90 Å². The molecule has 1 unspecified atom stereocenters. The molecular weight excluding hydrogens is 276 g/mol. The Morgan fingerprint density at radius 1 is 1.55 bits per heavy atom. The third-order valence-corrected chi connectivity index (χ3v) is 4.15. The first kappa shape index (κ1) is 15.3. The van der Waals surface area contributed by atoms with E-state index in [4.69, 9.17) is 16.7 Å². The summed E-state index contributed by atoms with van der Waals surface area (Å²) in [5, 5.41) is 9.45. The van der Waals surface area contributed by atoms with Crippen LogP contribution in [0.3, 0.4) is 0 Å². The quantitative estimate of drug-likeness (QED) is 0.906. The molecule has 1 fully saturated rings. The van der Waals surface area contributed by atoms with E-state index in [1.165, 1.54) is 19.0 Å². The molecular formula is C15H21ClN2O2. The molecule has 1 aliphatic rings. The second-order valence-corrected chi connectivity index (χ2v) is 6.13. The van der Waals surface area contributed by atoms with Crippen LogP contribution >= 0.6 is 11.6 Å². The highest BCUT2D eigenvalue weighted by Gasteiger charge is 2.21. The molecule has 0 spiro atoms. The Bertz CT molecular complexity index is 493. The summed E-state index contributed by atoms with van der Waals surface area (Å²) in [7, 11) is 4.24. The molecule has 20 heavy (non-hydrogen) atoms. The van der Waals surface area contributed by atoms with Crippen molar-refractivity contribution in [1.29, 1.82) is 0 Å². The van der Waals surface area contributed by atoms with Crippen molar-refractivity contribution in [1.82, 2.24) is 9.80 Å². The SMILES string of the molecule is CN1CCC(CN(C)Cc2ccc(C(=O)O)cc2Cl)C1. The number of halogens is 1. The first-order valence-electron chi connectivity index (χ1n) is 6.84. The molecule has 1 N–H and O–H groups in total. The van der Waals surface area contributed by atoms with Gasteiger partial charge in [0.15, 0.2) is 0 Å². The minimum Gasteiger partial charge on any atom is -0.478 e. The third-order valence-electron chi connectivity index (χ3n) is 3.80. The van der Waals surface area contributed by atoms with Gasteiger partial charge in [-0.3, -0.25) is 0 Å². The summed E-state index contributed by atoms with van der Waals surface area (Å²) < 4.78 is 0. The van der Waals surface area contributed by atoms with Gasteiger partial charge in [-0.15, -0.1) is 0 Å². The Kier molecular flexibility index (Phi) is 5.02. The average Bonchev–Trinajstić information content (AvgIpc) is 2.77. The summed E-state index contributed by atoms with van der Waals surface area (Å²) >= 11 is 6.16. The number of likely N-dealkylation sites (tertiary alicyclic amines) is 1. The average molecular weight is 297 g/mol. The summed E-state index contributed by atoms with van der Waals surface area (Å²) in [5.41, 5.74) is 1.21. The molecule has 2 rings (SSSR count). The number of hydrogen-bond donors (Lipinski definition) is 1. The molecule has 1 heterocycles. The number of nitrogens with zero attached hydrogens (tertiary/aromatic N) is 2. The number of hydrogen-bond acceptors (Lipinski definition) is 3. The van der Waals surface area contributed by atoms with E-state index in [1.807, 2.05) is 6.07 Å². The summed E-state index contributed by atoms with van der Waals surface area (Å²) in [6.07, 6.45) is 1.24. The number of benzene rings is 1. The largest absolute Gasteiger partial charge is 0.478 e. The van der Waals surface area contributed by atoms with Crippen LogP contribution < -0.4 is 0 Å². The van der Waals surface area contributed by atoms with Crippen molar-refractivity contribution in [2.45, 2.75) is 13.0 Å². The Hall–Kier alpha value is -1.10. The maximum Gasteiger partial charge on any atom is 0.335 e. The van der Waals surface area contributed by atoms with Gasteiger partial charge in [-0.25, -0.2) is 4.79 Å². The molecule has 1 aliphatic heterocycles. The van der Waals surface area contributed by atoms with Crippen LogP contribution in [0.4, 0.5) is 0 Å². The molecule has 1 saturated heterocycles. The van der Waals surface area contributed by atoms with E-state index in [9.17, 15) is 4.79 Å². The van der Waals surface area contributed by atoms with E-state index in [2.05, 4.69) is 23.9 Å². The van der Waals surface area contributed by atoms with Crippen LogP contribution in [0.5, 0.6) is 0 Å². The maximum absolute atomic E-state index is 10.9. The van der Waals surface area contributed by atoms with Crippen molar-refractivity contribution in [3.63, 3.8) is 0 Å². The van der Waals surface area contributed by atoms with Crippen LogP contribution in [-0.2, 0) is 6.54 Å². The van der Waals surface area contributed by atoms with Gasteiger partial charge in [-0.1, -0.05) is 17.7 Å². The van der Waals surface area contributed by atoms with Crippen LogP contribution in [0, 0.1) is 5.92 Å². The number of carbonyl (C=O) groups is 1. The van der Waals surface area contributed by atoms with Crippen LogP contribution in [0.25, 0.3) is 0 Å². The molecule has 0 radical (unpaired) electrons. The van der Waals surface area contributed by atoms with E-state index in [0.29, 0.717) is 10.9 Å². The lowest BCUT2D eigenvalue weighted by Crippen LogP contribution is -2.27. The van der Waals surface area contributed by atoms with Crippen molar-refractivity contribution in [2.75, 3.05) is 33.7 Å².